The van der Waals surface area contributed by atoms with Gasteiger partial charge in [0.25, 0.3) is 11.8 Å². The molecule has 2 aromatic rings. The summed E-state index contributed by atoms with van der Waals surface area (Å²) in [5, 5.41) is 3.19. The lowest BCUT2D eigenvalue weighted by Gasteiger charge is -2.30. The van der Waals surface area contributed by atoms with E-state index in [0.717, 1.165) is 23.4 Å². The third-order valence-corrected chi connectivity index (χ3v) is 5.79. The molecule has 1 aliphatic carbocycles. The van der Waals surface area contributed by atoms with E-state index in [1.807, 2.05) is 48.5 Å². The molecule has 0 saturated heterocycles. The molecular weight excluding hydrogens is 352 g/mol. The van der Waals surface area contributed by atoms with Crippen LogP contribution in [0.4, 0.5) is 5.69 Å². The number of hydrogen-bond acceptors (Lipinski definition) is 3. The maximum atomic E-state index is 12.6. The molecule has 4 rings (SSSR count). The molecule has 2 aliphatic rings. The minimum Gasteiger partial charge on any atom is -0.482 e. The highest BCUT2D eigenvalue weighted by molar-refractivity contribution is 5.98. The second kappa shape index (κ2) is 8.05. The van der Waals surface area contributed by atoms with Crippen molar-refractivity contribution in [3.05, 3.63) is 59.7 Å². The van der Waals surface area contributed by atoms with Crippen molar-refractivity contribution in [1.29, 1.82) is 0 Å². The molecule has 2 atom stereocenters. The summed E-state index contributed by atoms with van der Waals surface area (Å²) in [7, 11) is 0. The minimum absolute atomic E-state index is 0.0157. The smallest absolute Gasteiger partial charge is 0.265 e. The molecule has 146 valence electrons. The van der Waals surface area contributed by atoms with Crippen LogP contribution < -0.4 is 15.0 Å². The third kappa shape index (κ3) is 3.88. The van der Waals surface area contributed by atoms with E-state index < -0.39 is 0 Å². The van der Waals surface area contributed by atoms with Gasteiger partial charge in [-0.15, -0.1) is 0 Å². The van der Waals surface area contributed by atoms with E-state index in [1.54, 1.807) is 4.90 Å². The summed E-state index contributed by atoms with van der Waals surface area (Å²) in [6.07, 6.45) is 4.68. The van der Waals surface area contributed by atoms with Crippen molar-refractivity contribution < 1.29 is 14.3 Å². The maximum absolute atomic E-state index is 12.6. The first-order valence-electron chi connectivity index (χ1n) is 10.0. The van der Waals surface area contributed by atoms with Gasteiger partial charge in [0.15, 0.2) is 6.61 Å². The molecule has 1 fully saturated rings. The maximum Gasteiger partial charge on any atom is 0.265 e. The monoisotopic (exact) mass is 378 g/mol. The summed E-state index contributed by atoms with van der Waals surface area (Å²) in [5.74, 6) is 1.17. The van der Waals surface area contributed by atoms with Crippen molar-refractivity contribution in [2.75, 3.05) is 11.5 Å². The molecule has 0 bridgehead atoms. The third-order valence-electron chi connectivity index (χ3n) is 5.79. The summed E-state index contributed by atoms with van der Waals surface area (Å²) in [6.45, 7) is 2.72. The number of benzene rings is 2. The second-order valence-corrected chi connectivity index (χ2v) is 7.77. The lowest BCUT2D eigenvalue weighted by molar-refractivity contribution is -0.121. The fraction of sp³-hybridized carbons (Fsp3) is 0.391. The Balaban J connectivity index is 1.44. The van der Waals surface area contributed by atoms with E-state index in [2.05, 4.69) is 12.2 Å². The molecule has 5 nitrogen and oxygen atoms in total. The van der Waals surface area contributed by atoms with Crippen molar-refractivity contribution in [2.24, 2.45) is 5.92 Å². The number of hydrogen-bond donors (Lipinski definition) is 1. The average Bonchev–Trinajstić information content (AvgIpc) is 2.72. The Morgan fingerprint density at radius 3 is 2.64 bits per heavy atom. The number of carbonyl (C=O) groups is 2. The first kappa shape index (κ1) is 18.5. The number of rotatable bonds is 4. The van der Waals surface area contributed by atoms with Crippen molar-refractivity contribution in [3.63, 3.8) is 0 Å². The Morgan fingerprint density at radius 1 is 1.11 bits per heavy atom. The fourth-order valence-corrected chi connectivity index (χ4v) is 4.05. The van der Waals surface area contributed by atoms with Crippen molar-refractivity contribution in [2.45, 2.75) is 45.2 Å². The van der Waals surface area contributed by atoms with Crippen molar-refractivity contribution in [3.8, 4) is 5.75 Å². The van der Waals surface area contributed by atoms with E-state index in [-0.39, 0.29) is 24.5 Å². The topological polar surface area (TPSA) is 58.6 Å². The molecule has 28 heavy (non-hydrogen) atoms. The van der Waals surface area contributed by atoms with Gasteiger partial charge in [0.2, 0.25) is 0 Å². The molecule has 5 heteroatoms. The molecule has 2 amide bonds. The number of nitrogens with one attached hydrogen (secondary N) is 1. The highest BCUT2D eigenvalue weighted by Crippen LogP contribution is 2.32. The normalized spacial score (nSPS) is 21.6. The predicted octanol–water partition coefficient (Wildman–Crippen LogP) is 3.92. The summed E-state index contributed by atoms with van der Waals surface area (Å²) < 4.78 is 5.49. The van der Waals surface area contributed by atoms with E-state index in [4.69, 9.17) is 4.74 Å². The van der Waals surface area contributed by atoms with Crippen molar-refractivity contribution in [1.82, 2.24) is 5.32 Å². The van der Waals surface area contributed by atoms with Gasteiger partial charge in [0.05, 0.1) is 12.2 Å². The number of carbonyl (C=O) groups excluding carboxylic acids is 2. The second-order valence-electron chi connectivity index (χ2n) is 7.77. The highest BCUT2D eigenvalue weighted by Gasteiger charge is 2.26. The number of para-hydroxylation sites is 2. The molecule has 2 unspecified atom stereocenters. The Kier molecular flexibility index (Phi) is 5.33. The first-order valence-corrected chi connectivity index (χ1v) is 10.0. The van der Waals surface area contributed by atoms with Crippen LogP contribution in [0.3, 0.4) is 0 Å². The molecule has 1 aliphatic heterocycles. The summed E-state index contributed by atoms with van der Waals surface area (Å²) in [4.78, 5) is 26.6. The lowest BCUT2D eigenvalue weighted by atomic mass is 9.86. The zero-order chi connectivity index (χ0) is 19.5. The van der Waals surface area contributed by atoms with Gasteiger partial charge in [0, 0.05) is 11.6 Å². The van der Waals surface area contributed by atoms with Crippen LogP contribution in [0.1, 0.15) is 48.5 Å². The lowest BCUT2D eigenvalue weighted by Crippen LogP contribution is -2.41. The zero-order valence-corrected chi connectivity index (χ0v) is 16.2. The molecule has 1 heterocycles. The van der Waals surface area contributed by atoms with Crippen LogP contribution in [-0.2, 0) is 11.3 Å². The number of ether oxygens (including phenoxy) is 1. The van der Waals surface area contributed by atoms with E-state index in [9.17, 15) is 9.59 Å². The summed E-state index contributed by atoms with van der Waals surface area (Å²) in [5.41, 5.74) is 2.43. The summed E-state index contributed by atoms with van der Waals surface area (Å²) >= 11 is 0. The highest BCUT2D eigenvalue weighted by atomic mass is 16.5. The van der Waals surface area contributed by atoms with Crippen LogP contribution in [-0.4, -0.2) is 24.5 Å². The number of fused-ring (bicyclic) bond motifs is 1. The van der Waals surface area contributed by atoms with Crippen LogP contribution in [0.25, 0.3) is 0 Å². The van der Waals surface area contributed by atoms with Crippen LogP contribution in [0.5, 0.6) is 5.75 Å². The Morgan fingerprint density at radius 2 is 1.86 bits per heavy atom. The zero-order valence-electron chi connectivity index (χ0n) is 16.2. The van der Waals surface area contributed by atoms with Crippen LogP contribution in [0.15, 0.2) is 48.5 Å². The largest absolute Gasteiger partial charge is 0.482 e. The van der Waals surface area contributed by atoms with Gasteiger partial charge in [0.1, 0.15) is 5.75 Å². The van der Waals surface area contributed by atoms with Gasteiger partial charge < -0.3 is 15.0 Å². The van der Waals surface area contributed by atoms with Gasteiger partial charge in [-0.05, 0) is 48.6 Å². The SMILES string of the molecule is CC1CCCCC1NC(=O)c1ccc(CN2C(=O)COc3ccccc32)cc1. The Hall–Kier alpha value is -2.82. The standard InChI is InChI=1S/C23H26N2O3/c1-16-6-2-3-7-19(16)24-23(27)18-12-10-17(11-13-18)14-25-20-8-4-5-9-21(20)28-15-22(25)26/h4-5,8-13,16,19H,2-3,6-7,14-15H2,1H3,(H,24,27). The van der Waals surface area contributed by atoms with Gasteiger partial charge in [-0.2, -0.15) is 0 Å². The molecule has 0 aromatic heterocycles. The number of nitrogens with zero attached hydrogens (tertiary/aromatic N) is 1. The van der Waals surface area contributed by atoms with Gasteiger partial charge in [-0.1, -0.05) is 44.0 Å². The van der Waals surface area contributed by atoms with E-state index >= 15 is 0 Å². The molecule has 1 saturated carbocycles. The predicted molar refractivity (Wildman–Crippen MR) is 108 cm³/mol. The van der Waals surface area contributed by atoms with Gasteiger partial charge in [-0.3, -0.25) is 9.59 Å². The molecule has 0 radical (unpaired) electrons. The number of anilines is 1. The quantitative estimate of drug-likeness (QED) is 0.877. The Labute approximate surface area is 165 Å². The van der Waals surface area contributed by atoms with Crippen LogP contribution >= 0.6 is 0 Å². The first-order chi connectivity index (χ1) is 13.6. The minimum atomic E-state index is -0.0631. The van der Waals surface area contributed by atoms with Crippen molar-refractivity contribution >= 4 is 17.5 Å². The molecule has 0 spiro atoms. The van der Waals surface area contributed by atoms with Crippen LogP contribution in [0.2, 0.25) is 0 Å². The average molecular weight is 378 g/mol. The molecular formula is C23H26N2O3. The van der Waals surface area contributed by atoms with Gasteiger partial charge >= 0.3 is 0 Å². The van der Waals surface area contributed by atoms with Crippen LogP contribution in [0, 0.1) is 5.92 Å². The van der Waals surface area contributed by atoms with Gasteiger partial charge in [-0.25, -0.2) is 0 Å². The van der Waals surface area contributed by atoms with E-state index in [1.165, 1.54) is 19.3 Å². The summed E-state index contributed by atoms with van der Waals surface area (Å²) in [6, 6.07) is 15.3. The number of amides is 2. The van der Waals surface area contributed by atoms with E-state index in [0.29, 0.717) is 18.0 Å². The Bertz CT molecular complexity index is 862. The molecule has 1 N–H and O–H groups in total. The fourth-order valence-electron chi connectivity index (χ4n) is 4.05. The molecule has 2 aromatic carbocycles.